The number of nitrogens with one attached hydrogen (secondary N) is 4. The van der Waals surface area contributed by atoms with Crippen molar-refractivity contribution in [3.05, 3.63) is 65.2 Å². The van der Waals surface area contributed by atoms with Crippen molar-refractivity contribution in [2.45, 2.75) is 57.2 Å². The Hall–Kier alpha value is -5.38. The minimum Gasteiger partial charge on any atom is -0.370 e. The molecule has 3 aromatic rings. The number of Topliss-reactive ketones (excluding diaryl/α,β-unsaturated/α-hetero) is 1. The van der Waals surface area contributed by atoms with Crippen LogP contribution in [0.2, 0.25) is 0 Å². The lowest BCUT2D eigenvalue weighted by atomic mass is 10.0. The third-order valence-electron chi connectivity index (χ3n) is 6.83. The quantitative estimate of drug-likeness (QED) is 0.0404. The van der Waals surface area contributed by atoms with Crippen molar-refractivity contribution < 1.29 is 28.8 Å². The molecule has 1 heterocycles. The number of hydrogen-bond donors (Lipinski definition) is 7. The van der Waals surface area contributed by atoms with Gasteiger partial charge in [0, 0.05) is 26.3 Å². The van der Waals surface area contributed by atoms with E-state index >= 15 is 0 Å². The van der Waals surface area contributed by atoms with Gasteiger partial charge in [-0.2, -0.15) is 0 Å². The number of hydrogen-bond acceptors (Lipinski definition) is 9. The second-order valence-electron chi connectivity index (χ2n) is 10.6. The van der Waals surface area contributed by atoms with E-state index in [1.807, 2.05) is 12.1 Å². The fourth-order valence-corrected chi connectivity index (χ4v) is 5.47. The molecule has 0 aliphatic heterocycles. The number of rotatable bonds is 18. The minimum atomic E-state index is -1.26. The topological polar surface area (TPSA) is 254 Å². The van der Waals surface area contributed by atoms with Crippen molar-refractivity contribution in [3.8, 4) is 0 Å². The molecule has 250 valence electrons. The van der Waals surface area contributed by atoms with Gasteiger partial charge in [-0.05, 0) is 37.0 Å². The number of carbonyl (C=O) groups is 6. The number of aliphatic imine (C=N–C) groups is 1. The number of nitrogens with zero attached hydrogens (tertiary/aromatic N) is 2. The molecule has 47 heavy (non-hydrogen) atoms. The van der Waals surface area contributed by atoms with Gasteiger partial charge in [-0.1, -0.05) is 42.5 Å². The molecule has 0 fully saturated rings. The molecule has 0 radical (unpaired) electrons. The fourth-order valence-electron chi connectivity index (χ4n) is 4.51. The highest BCUT2D eigenvalue weighted by molar-refractivity contribution is 7.20. The lowest BCUT2D eigenvalue weighted by molar-refractivity contribution is -0.132. The number of para-hydroxylation sites is 1. The summed E-state index contributed by atoms with van der Waals surface area (Å²) >= 11 is 1.20. The van der Waals surface area contributed by atoms with Crippen LogP contribution in [0.15, 0.2) is 59.6 Å². The second kappa shape index (κ2) is 17.9. The largest absolute Gasteiger partial charge is 0.370 e. The van der Waals surface area contributed by atoms with Crippen LogP contribution in [0.1, 0.15) is 48.0 Å². The molecular formula is C31H39N9O6S. The molecule has 3 atom stereocenters. The van der Waals surface area contributed by atoms with E-state index in [9.17, 15) is 28.8 Å². The first kappa shape index (κ1) is 36.1. The van der Waals surface area contributed by atoms with Crippen LogP contribution in [0.4, 0.5) is 0 Å². The predicted molar refractivity (Wildman–Crippen MR) is 177 cm³/mol. The molecule has 1 aromatic heterocycles. The van der Waals surface area contributed by atoms with Crippen LogP contribution in [0, 0.1) is 0 Å². The molecule has 5 amide bonds. The fraction of sp³-hybridized carbons (Fsp3) is 0.355. The zero-order valence-corrected chi connectivity index (χ0v) is 26.7. The standard InChI is InChI=1S/C31H39N9O6S/c1-18(41)36-17-26(43)37-22(13-14-25(32)42)28(45)39-23(16-19-8-3-2-4-9-19)29(46)38-21(11-7-15-35-31(33)34)27(44)30-40-20-10-5-6-12-24(20)47-30/h2-6,8-10,12,21-23H,7,11,13-17H2,1H3,(H2,32,42)(H,36,41)(H,37,43)(H,38,46)(H,39,45)(H4,33,34,35)/t21-,22+,23+/m1/s1. The molecular weight excluding hydrogens is 626 g/mol. The third-order valence-corrected chi connectivity index (χ3v) is 7.88. The Morgan fingerprint density at radius 3 is 2.15 bits per heavy atom. The minimum absolute atomic E-state index is 0.0385. The maximum absolute atomic E-state index is 13.9. The summed E-state index contributed by atoms with van der Waals surface area (Å²) in [5, 5.41) is 10.5. The molecule has 15 nitrogen and oxygen atoms in total. The Morgan fingerprint density at radius 1 is 0.830 bits per heavy atom. The maximum Gasteiger partial charge on any atom is 0.243 e. The third kappa shape index (κ3) is 12.1. The van der Waals surface area contributed by atoms with Crippen molar-refractivity contribution in [3.63, 3.8) is 0 Å². The summed E-state index contributed by atoms with van der Waals surface area (Å²) in [6.07, 6.45) is 0.171. The van der Waals surface area contributed by atoms with E-state index < -0.39 is 60.0 Å². The smallest absolute Gasteiger partial charge is 0.243 e. The van der Waals surface area contributed by atoms with E-state index in [1.165, 1.54) is 18.3 Å². The Bertz CT molecular complexity index is 1570. The van der Waals surface area contributed by atoms with E-state index in [0.717, 1.165) is 4.70 Å². The average Bonchev–Trinajstić information content (AvgIpc) is 3.47. The van der Waals surface area contributed by atoms with Crippen LogP contribution in [-0.2, 0) is 30.4 Å². The van der Waals surface area contributed by atoms with Crippen LogP contribution in [0.3, 0.4) is 0 Å². The Balaban J connectivity index is 1.86. The molecule has 3 rings (SSSR count). The van der Waals surface area contributed by atoms with Gasteiger partial charge in [-0.3, -0.25) is 33.8 Å². The number of ketones is 1. The van der Waals surface area contributed by atoms with Crippen LogP contribution in [-0.4, -0.2) is 77.5 Å². The second-order valence-corrected chi connectivity index (χ2v) is 11.7. The zero-order chi connectivity index (χ0) is 34.3. The number of guanidine groups is 1. The molecule has 0 spiro atoms. The molecule has 0 aliphatic rings. The van der Waals surface area contributed by atoms with Gasteiger partial charge in [0.2, 0.25) is 35.3 Å². The van der Waals surface area contributed by atoms with E-state index in [2.05, 4.69) is 31.2 Å². The number of aromatic nitrogens is 1. The van der Waals surface area contributed by atoms with E-state index in [4.69, 9.17) is 17.2 Å². The first-order chi connectivity index (χ1) is 22.4. The number of primary amides is 1. The maximum atomic E-state index is 13.9. The lowest BCUT2D eigenvalue weighted by Crippen LogP contribution is -2.57. The molecule has 0 bridgehead atoms. The van der Waals surface area contributed by atoms with E-state index in [0.29, 0.717) is 17.5 Å². The Morgan fingerprint density at radius 2 is 1.49 bits per heavy atom. The number of nitrogens with two attached hydrogens (primary N) is 3. The molecule has 10 N–H and O–H groups in total. The van der Waals surface area contributed by atoms with Gasteiger partial charge < -0.3 is 38.5 Å². The molecule has 0 unspecified atom stereocenters. The van der Waals surface area contributed by atoms with Crippen molar-refractivity contribution >= 4 is 62.8 Å². The molecule has 16 heteroatoms. The van der Waals surface area contributed by atoms with Gasteiger partial charge in [-0.15, -0.1) is 11.3 Å². The normalized spacial score (nSPS) is 12.6. The highest BCUT2D eigenvalue weighted by atomic mass is 32.1. The van der Waals surface area contributed by atoms with Crippen molar-refractivity contribution in [2.75, 3.05) is 13.1 Å². The zero-order valence-electron chi connectivity index (χ0n) is 25.9. The van der Waals surface area contributed by atoms with Crippen LogP contribution in [0.5, 0.6) is 0 Å². The first-order valence-electron chi connectivity index (χ1n) is 14.8. The van der Waals surface area contributed by atoms with Gasteiger partial charge in [-0.25, -0.2) is 4.98 Å². The predicted octanol–water partition coefficient (Wildman–Crippen LogP) is -0.369. The van der Waals surface area contributed by atoms with Gasteiger partial charge in [0.05, 0.1) is 22.8 Å². The average molecular weight is 666 g/mol. The summed E-state index contributed by atoms with van der Waals surface area (Å²) in [6.45, 7) is 1.04. The van der Waals surface area contributed by atoms with Gasteiger partial charge in [0.25, 0.3) is 0 Å². The molecule has 0 saturated carbocycles. The van der Waals surface area contributed by atoms with Crippen LogP contribution >= 0.6 is 11.3 Å². The molecule has 0 aliphatic carbocycles. The summed E-state index contributed by atoms with van der Waals surface area (Å²) < 4.78 is 0.804. The summed E-state index contributed by atoms with van der Waals surface area (Å²) in [6, 6.07) is 12.7. The summed E-state index contributed by atoms with van der Waals surface area (Å²) in [4.78, 5) is 84.6. The summed E-state index contributed by atoms with van der Waals surface area (Å²) in [7, 11) is 0. The SMILES string of the molecule is CC(=O)NCC(=O)N[C@@H](CCC(N)=O)C(=O)N[C@@H](Cc1ccccc1)C(=O)N[C@H](CCCN=C(N)N)C(=O)c1nc2ccccc2s1. The number of benzene rings is 2. The van der Waals surface area contributed by atoms with Crippen LogP contribution < -0.4 is 38.5 Å². The first-order valence-corrected chi connectivity index (χ1v) is 15.7. The number of amides is 5. The molecule has 0 saturated heterocycles. The monoisotopic (exact) mass is 665 g/mol. The number of fused-ring (bicyclic) bond motifs is 1. The molecule has 2 aromatic carbocycles. The van der Waals surface area contributed by atoms with Crippen LogP contribution in [0.25, 0.3) is 10.2 Å². The number of thiazole rings is 1. The van der Waals surface area contributed by atoms with Crippen molar-refractivity contribution in [1.82, 2.24) is 26.3 Å². The van der Waals surface area contributed by atoms with Gasteiger partial charge >= 0.3 is 0 Å². The van der Waals surface area contributed by atoms with E-state index in [1.54, 1.807) is 42.5 Å². The lowest BCUT2D eigenvalue weighted by Gasteiger charge is -2.25. The van der Waals surface area contributed by atoms with Gasteiger partial charge in [0.1, 0.15) is 12.1 Å². The highest BCUT2D eigenvalue weighted by Gasteiger charge is 2.31. The van der Waals surface area contributed by atoms with E-state index in [-0.39, 0.29) is 43.2 Å². The number of carbonyl (C=O) groups excluding carboxylic acids is 6. The highest BCUT2D eigenvalue weighted by Crippen LogP contribution is 2.23. The van der Waals surface area contributed by atoms with Crippen molar-refractivity contribution in [1.29, 1.82) is 0 Å². The van der Waals surface area contributed by atoms with Gasteiger partial charge in [0.15, 0.2) is 11.0 Å². The Labute approximate surface area is 275 Å². The Kier molecular flexibility index (Phi) is 13.8. The summed E-state index contributed by atoms with van der Waals surface area (Å²) in [5.74, 6) is -3.79. The summed E-state index contributed by atoms with van der Waals surface area (Å²) in [5.41, 5.74) is 17.5. The van der Waals surface area contributed by atoms with Crippen molar-refractivity contribution in [2.24, 2.45) is 22.2 Å².